The molecule has 5 heteroatoms. The third-order valence-electron chi connectivity index (χ3n) is 5.21. The van der Waals surface area contributed by atoms with Crippen LogP contribution in [0, 0.1) is 5.92 Å². The highest BCUT2D eigenvalue weighted by atomic mass is 16.2. The van der Waals surface area contributed by atoms with Gasteiger partial charge in [-0.15, -0.1) is 0 Å². The summed E-state index contributed by atoms with van der Waals surface area (Å²) in [5.74, 6) is 0.210. The molecule has 1 saturated heterocycles. The predicted octanol–water partition coefficient (Wildman–Crippen LogP) is 3.39. The number of hydrogen-bond donors (Lipinski definition) is 0. The number of benzene rings is 2. The van der Waals surface area contributed by atoms with Crippen molar-refractivity contribution >= 4 is 23.2 Å². The molecule has 1 aliphatic heterocycles. The van der Waals surface area contributed by atoms with Gasteiger partial charge >= 0.3 is 0 Å². The van der Waals surface area contributed by atoms with Crippen LogP contribution < -0.4 is 4.90 Å². The Morgan fingerprint density at radius 2 is 1.48 bits per heavy atom. The third-order valence-corrected chi connectivity index (χ3v) is 5.21. The summed E-state index contributed by atoms with van der Waals surface area (Å²) in [5, 5.41) is 0. The number of amides is 2. The summed E-state index contributed by atoms with van der Waals surface area (Å²) in [6.45, 7) is 1.24. The number of likely N-dealkylation sites (tertiary alicyclic amines) is 1. The molecule has 1 aliphatic rings. The number of hydrogen-bond acceptors (Lipinski definition) is 3. The summed E-state index contributed by atoms with van der Waals surface area (Å²) in [5.41, 5.74) is 2.62. The van der Waals surface area contributed by atoms with Crippen LogP contribution in [0.2, 0.25) is 0 Å². The van der Waals surface area contributed by atoms with Gasteiger partial charge in [-0.1, -0.05) is 30.3 Å². The van der Waals surface area contributed by atoms with Crippen LogP contribution in [0.4, 0.5) is 11.4 Å². The van der Waals surface area contributed by atoms with E-state index in [1.54, 1.807) is 19.0 Å². The molecule has 1 heterocycles. The molecule has 2 aromatic carbocycles. The van der Waals surface area contributed by atoms with Crippen molar-refractivity contribution in [2.24, 2.45) is 5.92 Å². The van der Waals surface area contributed by atoms with Crippen molar-refractivity contribution in [1.82, 2.24) is 9.80 Å². The maximum atomic E-state index is 13.2. The molecule has 0 aliphatic carbocycles. The fraction of sp³-hybridized carbons (Fsp3) is 0.364. The average Bonchev–Trinajstić information content (AvgIpc) is 2.73. The summed E-state index contributed by atoms with van der Waals surface area (Å²) in [4.78, 5) is 30.9. The normalized spacial score (nSPS) is 14.7. The summed E-state index contributed by atoms with van der Waals surface area (Å²) in [7, 11) is 5.55. The van der Waals surface area contributed by atoms with Crippen molar-refractivity contribution in [2.75, 3.05) is 39.1 Å². The van der Waals surface area contributed by atoms with Crippen LogP contribution >= 0.6 is 0 Å². The SMILES string of the molecule is CN(C)C(=O)C1CCN(C(=O)c2ccccc2N(C)c2ccccc2)CC1. The molecule has 3 rings (SSSR count). The molecule has 0 radical (unpaired) electrons. The highest BCUT2D eigenvalue weighted by Crippen LogP contribution is 2.29. The molecule has 0 spiro atoms. The van der Waals surface area contributed by atoms with Gasteiger partial charge in [-0.3, -0.25) is 9.59 Å². The Morgan fingerprint density at radius 1 is 0.889 bits per heavy atom. The highest BCUT2D eigenvalue weighted by Gasteiger charge is 2.29. The van der Waals surface area contributed by atoms with Crippen LogP contribution in [0.15, 0.2) is 54.6 Å². The fourth-order valence-electron chi connectivity index (χ4n) is 3.60. The lowest BCUT2D eigenvalue weighted by Crippen LogP contribution is -2.43. The van der Waals surface area contributed by atoms with Gasteiger partial charge in [0, 0.05) is 45.8 Å². The first-order chi connectivity index (χ1) is 13.0. The van der Waals surface area contributed by atoms with Crippen molar-refractivity contribution in [3.05, 3.63) is 60.2 Å². The molecule has 0 aromatic heterocycles. The van der Waals surface area contributed by atoms with E-state index in [2.05, 4.69) is 0 Å². The molecule has 2 amide bonds. The molecule has 142 valence electrons. The van der Waals surface area contributed by atoms with Gasteiger partial charge in [-0.2, -0.15) is 0 Å². The van der Waals surface area contributed by atoms with Crippen molar-refractivity contribution < 1.29 is 9.59 Å². The molecule has 1 fully saturated rings. The van der Waals surface area contributed by atoms with E-state index < -0.39 is 0 Å². The van der Waals surface area contributed by atoms with E-state index >= 15 is 0 Å². The quantitative estimate of drug-likeness (QED) is 0.834. The van der Waals surface area contributed by atoms with Gasteiger partial charge in [0.1, 0.15) is 0 Å². The molecule has 2 aromatic rings. The number of nitrogens with zero attached hydrogens (tertiary/aromatic N) is 3. The standard InChI is InChI=1S/C22H27N3O2/c1-23(2)21(26)17-13-15-25(16-14-17)22(27)19-11-7-8-12-20(19)24(3)18-9-5-4-6-10-18/h4-12,17H,13-16H2,1-3H3. The lowest BCUT2D eigenvalue weighted by atomic mass is 9.95. The molecule has 0 N–H and O–H groups in total. The Hall–Kier alpha value is -2.82. The Morgan fingerprint density at radius 3 is 2.11 bits per heavy atom. The second-order valence-corrected chi connectivity index (χ2v) is 7.21. The van der Waals surface area contributed by atoms with E-state index in [0.29, 0.717) is 18.7 Å². The minimum atomic E-state index is 0.0197. The topological polar surface area (TPSA) is 43.9 Å². The first-order valence-corrected chi connectivity index (χ1v) is 9.37. The van der Waals surface area contributed by atoms with Gasteiger partial charge in [0.25, 0.3) is 5.91 Å². The van der Waals surface area contributed by atoms with Crippen molar-refractivity contribution in [3.63, 3.8) is 0 Å². The number of rotatable bonds is 4. The van der Waals surface area contributed by atoms with Crippen LogP contribution in [0.25, 0.3) is 0 Å². The Bertz CT molecular complexity index is 796. The van der Waals surface area contributed by atoms with Crippen LogP contribution in [0.1, 0.15) is 23.2 Å². The largest absolute Gasteiger partial charge is 0.349 e. The van der Waals surface area contributed by atoms with E-state index in [1.165, 1.54) is 0 Å². The molecule has 0 bridgehead atoms. The number of carbonyl (C=O) groups is 2. The van der Waals surface area contributed by atoms with Crippen molar-refractivity contribution in [1.29, 1.82) is 0 Å². The third kappa shape index (κ3) is 4.13. The summed E-state index contributed by atoms with van der Waals surface area (Å²) >= 11 is 0. The highest BCUT2D eigenvalue weighted by molar-refractivity contribution is 6.00. The van der Waals surface area contributed by atoms with E-state index in [-0.39, 0.29) is 17.7 Å². The van der Waals surface area contributed by atoms with E-state index in [1.807, 2.05) is 71.4 Å². The van der Waals surface area contributed by atoms with Crippen LogP contribution in [0.3, 0.4) is 0 Å². The molecular formula is C22H27N3O2. The van der Waals surface area contributed by atoms with Gasteiger partial charge in [-0.05, 0) is 37.1 Å². The summed E-state index contributed by atoms with van der Waals surface area (Å²) in [6, 6.07) is 17.7. The minimum absolute atomic E-state index is 0.0197. The Kier molecular flexibility index (Phi) is 5.79. The van der Waals surface area contributed by atoms with E-state index in [9.17, 15) is 9.59 Å². The van der Waals surface area contributed by atoms with Crippen molar-refractivity contribution in [2.45, 2.75) is 12.8 Å². The zero-order valence-corrected chi connectivity index (χ0v) is 16.3. The lowest BCUT2D eigenvalue weighted by molar-refractivity contribution is -0.134. The van der Waals surface area contributed by atoms with Crippen LogP contribution in [0.5, 0.6) is 0 Å². The second-order valence-electron chi connectivity index (χ2n) is 7.21. The number of carbonyl (C=O) groups excluding carboxylic acids is 2. The van der Waals surface area contributed by atoms with E-state index in [0.717, 1.165) is 24.2 Å². The minimum Gasteiger partial charge on any atom is -0.349 e. The van der Waals surface area contributed by atoms with Crippen molar-refractivity contribution in [3.8, 4) is 0 Å². The smallest absolute Gasteiger partial charge is 0.255 e. The Labute approximate surface area is 161 Å². The monoisotopic (exact) mass is 365 g/mol. The number of piperidine rings is 1. The average molecular weight is 365 g/mol. The molecule has 0 atom stereocenters. The molecular weight excluding hydrogens is 338 g/mol. The predicted molar refractivity (Wildman–Crippen MR) is 108 cm³/mol. The molecule has 0 saturated carbocycles. The van der Waals surface area contributed by atoms with Gasteiger partial charge in [0.05, 0.1) is 11.3 Å². The number of para-hydroxylation sites is 2. The van der Waals surface area contributed by atoms with Gasteiger partial charge < -0.3 is 14.7 Å². The first kappa shape index (κ1) is 19.0. The van der Waals surface area contributed by atoms with Crippen LogP contribution in [-0.4, -0.2) is 55.8 Å². The lowest BCUT2D eigenvalue weighted by Gasteiger charge is -2.33. The molecule has 27 heavy (non-hydrogen) atoms. The summed E-state index contributed by atoms with van der Waals surface area (Å²) in [6.07, 6.45) is 1.44. The molecule has 0 unspecified atom stereocenters. The first-order valence-electron chi connectivity index (χ1n) is 9.37. The van der Waals surface area contributed by atoms with Crippen LogP contribution in [-0.2, 0) is 4.79 Å². The maximum Gasteiger partial charge on any atom is 0.255 e. The van der Waals surface area contributed by atoms with Gasteiger partial charge in [0.15, 0.2) is 0 Å². The van der Waals surface area contributed by atoms with E-state index in [4.69, 9.17) is 0 Å². The Balaban J connectivity index is 1.76. The number of anilines is 2. The zero-order valence-electron chi connectivity index (χ0n) is 16.3. The second kappa shape index (κ2) is 8.25. The maximum absolute atomic E-state index is 13.2. The fourth-order valence-corrected chi connectivity index (χ4v) is 3.60. The summed E-state index contributed by atoms with van der Waals surface area (Å²) < 4.78 is 0. The van der Waals surface area contributed by atoms with Gasteiger partial charge in [-0.25, -0.2) is 0 Å². The van der Waals surface area contributed by atoms with Gasteiger partial charge in [0.2, 0.25) is 5.91 Å². The molecule has 5 nitrogen and oxygen atoms in total. The zero-order chi connectivity index (χ0) is 19.4.